The van der Waals surface area contributed by atoms with E-state index in [2.05, 4.69) is 12.1 Å². The molecule has 0 heterocycles. The number of rotatable bonds is 2. The van der Waals surface area contributed by atoms with Crippen LogP contribution in [0.25, 0.3) is 0 Å². The van der Waals surface area contributed by atoms with Crippen molar-refractivity contribution in [2.24, 2.45) is 0 Å². The smallest absolute Gasteiger partial charge is 0.123 e. The lowest BCUT2D eigenvalue weighted by atomic mass is 9.64. The molecule has 0 amide bonds. The number of halogens is 1. The zero-order chi connectivity index (χ0) is 14.7. The number of aliphatic hydroxyl groups is 1. The van der Waals surface area contributed by atoms with Gasteiger partial charge in [0.05, 0.1) is 5.76 Å². The fourth-order valence-corrected chi connectivity index (χ4v) is 3.96. The number of hydrogen-bond acceptors (Lipinski definition) is 1. The molecule has 0 bridgehead atoms. The van der Waals surface area contributed by atoms with Crippen molar-refractivity contribution < 1.29 is 9.50 Å². The lowest BCUT2D eigenvalue weighted by Gasteiger charge is -2.40. The van der Waals surface area contributed by atoms with E-state index in [0.717, 1.165) is 37.7 Å². The van der Waals surface area contributed by atoms with Crippen LogP contribution in [0.4, 0.5) is 4.39 Å². The maximum atomic E-state index is 13.7. The van der Waals surface area contributed by atoms with Crippen LogP contribution < -0.4 is 0 Å². The summed E-state index contributed by atoms with van der Waals surface area (Å²) in [6.45, 7) is 0. The van der Waals surface area contributed by atoms with Crippen LogP contribution in [0, 0.1) is 5.82 Å². The lowest BCUT2D eigenvalue weighted by Crippen LogP contribution is -2.31. The van der Waals surface area contributed by atoms with Gasteiger partial charge in [0.25, 0.3) is 0 Å². The molecule has 1 nitrogen and oxygen atoms in total. The number of hydrogen-bond donors (Lipinski definition) is 1. The minimum atomic E-state index is -0.148. The van der Waals surface area contributed by atoms with Crippen molar-refractivity contribution in [3.63, 3.8) is 0 Å². The van der Waals surface area contributed by atoms with Crippen molar-refractivity contribution in [3.05, 3.63) is 59.1 Å². The summed E-state index contributed by atoms with van der Waals surface area (Å²) in [6.07, 6.45) is 12.5. The van der Waals surface area contributed by atoms with Crippen LogP contribution in [-0.4, -0.2) is 5.11 Å². The second-order valence-corrected chi connectivity index (χ2v) is 6.36. The number of allylic oxidation sites excluding steroid dienone is 4. The number of aliphatic hydroxyl groups excluding tert-OH is 1. The Kier molecular flexibility index (Phi) is 4.14. The first-order valence-electron chi connectivity index (χ1n) is 8.06. The van der Waals surface area contributed by atoms with Crippen LogP contribution in [0.2, 0.25) is 0 Å². The molecule has 0 atom stereocenters. The van der Waals surface area contributed by atoms with E-state index in [1.54, 1.807) is 6.07 Å². The molecule has 2 aliphatic carbocycles. The molecule has 1 N–H and O–H groups in total. The first kappa shape index (κ1) is 14.4. The number of benzene rings is 1. The van der Waals surface area contributed by atoms with Crippen molar-refractivity contribution in [2.45, 2.75) is 56.8 Å². The standard InChI is InChI=1S/C19H23FO/c20-17-8-4-7-16(14-17)19(12-2-1-3-13-19)15-6-5-9-18(21)11-10-15/h4,7-8,10-11,14,21H,1-3,5-6,9,12-13H2. The average molecular weight is 286 g/mol. The molecule has 0 aromatic heterocycles. The molecule has 1 aromatic rings. The molecule has 3 rings (SSSR count). The van der Waals surface area contributed by atoms with Gasteiger partial charge >= 0.3 is 0 Å². The largest absolute Gasteiger partial charge is 0.512 e. The molecule has 0 spiro atoms. The van der Waals surface area contributed by atoms with Crippen LogP contribution in [0.3, 0.4) is 0 Å². The summed E-state index contributed by atoms with van der Waals surface area (Å²) >= 11 is 0. The highest BCUT2D eigenvalue weighted by Gasteiger charge is 2.37. The van der Waals surface area contributed by atoms with Gasteiger partial charge in [-0.3, -0.25) is 0 Å². The van der Waals surface area contributed by atoms with Crippen molar-refractivity contribution in [1.82, 2.24) is 0 Å². The monoisotopic (exact) mass is 286 g/mol. The van der Waals surface area contributed by atoms with Crippen LogP contribution in [0.1, 0.15) is 56.9 Å². The molecule has 2 aliphatic rings. The van der Waals surface area contributed by atoms with Crippen LogP contribution in [0.15, 0.2) is 47.7 Å². The summed E-state index contributed by atoms with van der Waals surface area (Å²) in [6, 6.07) is 7.13. The van der Waals surface area contributed by atoms with Crippen molar-refractivity contribution in [2.75, 3.05) is 0 Å². The summed E-state index contributed by atoms with van der Waals surface area (Å²) in [5, 5.41) is 9.76. The highest BCUT2D eigenvalue weighted by Crippen LogP contribution is 2.47. The Bertz CT molecular complexity index is 565. The van der Waals surface area contributed by atoms with Gasteiger partial charge in [0.1, 0.15) is 5.82 Å². The van der Waals surface area contributed by atoms with Gasteiger partial charge in [-0.2, -0.15) is 0 Å². The van der Waals surface area contributed by atoms with E-state index in [1.807, 2.05) is 12.1 Å². The SMILES string of the molecule is OC1=CC=C(C2(c3cccc(F)c3)CCCCC2)CCC1. The van der Waals surface area contributed by atoms with Gasteiger partial charge < -0.3 is 5.11 Å². The quantitative estimate of drug-likeness (QED) is 0.752. The Hall–Kier alpha value is -1.57. The Balaban J connectivity index is 2.04. The Labute approximate surface area is 126 Å². The van der Waals surface area contributed by atoms with Gasteiger partial charge in [0, 0.05) is 11.8 Å². The van der Waals surface area contributed by atoms with E-state index in [1.165, 1.54) is 30.9 Å². The van der Waals surface area contributed by atoms with Crippen LogP contribution >= 0.6 is 0 Å². The molecule has 112 valence electrons. The van der Waals surface area contributed by atoms with Crippen molar-refractivity contribution in [1.29, 1.82) is 0 Å². The zero-order valence-electron chi connectivity index (χ0n) is 12.4. The van der Waals surface area contributed by atoms with E-state index < -0.39 is 0 Å². The van der Waals surface area contributed by atoms with Gasteiger partial charge in [-0.25, -0.2) is 4.39 Å². The third-order valence-corrected chi connectivity index (χ3v) is 5.05. The third kappa shape index (κ3) is 2.90. The van der Waals surface area contributed by atoms with E-state index in [9.17, 15) is 9.50 Å². The summed E-state index contributed by atoms with van der Waals surface area (Å²) in [5.41, 5.74) is 2.46. The predicted octanol–water partition coefficient (Wildman–Crippen LogP) is 5.58. The third-order valence-electron chi connectivity index (χ3n) is 5.05. The summed E-state index contributed by atoms with van der Waals surface area (Å²) in [7, 11) is 0. The molecule has 1 saturated carbocycles. The van der Waals surface area contributed by atoms with Gasteiger partial charge in [-0.1, -0.05) is 43.0 Å². The minimum absolute atomic E-state index is 0.0263. The highest BCUT2D eigenvalue weighted by atomic mass is 19.1. The lowest BCUT2D eigenvalue weighted by molar-refractivity contribution is 0.328. The molecule has 1 fully saturated rings. The Morgan fingerprint density at radius 2 is 1.76 bits per heavy atom. The van der Waals surface area contributed by atoms with Gasteiger partial charge in [0.2, 0.25) is 0 Å². The average Bonchev–Trinajstić information content (AvgIpc) is 2.73. The van der Waals surface area contributed by atoms with E-state index in [0.29, 0.717) is 5.76 Å². The molecular weight excluding hydrogens is 263 g/mol. The summed E-state index contributed by atoms with van der Waals surface area (Å²) < 4.78 is 13.7. The molecule has 0 aliphatic heterocycles. The van der Waals surface area contributed by atoms with Gasteiger partial charge in [0.15, 0.2) is 0 Å². The molecule has 0 radical (unpaired) electrons. The molecule has 21 heavy (non-hydrogen) atoms. The maximum absolute atomic E-state index is 13.7. The van der Waals surface area contributed by atoms with Gasteiger partial charge in [-0.05, 0) is 49.5 Å². The zero-order valence-corrected chi connectivity index (χ0v) is 12.4. The van der Waals surface area contributed by atoms with Crippen molar-refractivity contribution in [3.8, 4) is 0 Å². The second kappa shape index (κ2) is 6.05. The van der Waals surface area contributed by atoms with Crippen LogP contribution in [-0.2, 0) is 5.41 Å². The first-order valence-corrected chi connectivity index (χ1v) is 8.06. The fourth-order valence-electron chi connectivity index (χ4n) is 3.96. The molecular formula is C19H23FO. The minimum Gasteiger partial charge on any atom is -0.512 e. The normalized spacial score (nSPS) is 22.1. The van der Waals surface area contributed by atoms with Gasteiger partial charge in [-0.15, -0.1) is 0 Å². The highest BCUT2D eigenvalue weighted by molar-refractivity contribution is 5.39. The summed E-state index contributed by atoms with van der Waals surface area (Å²) in [5.74, 6) is 0.320. The fraction of sp³-hybridized carbons (Fsp3) is 0.474. The molecule has 0 saturated heterocycles. The molecule has 1 aromatic carbocycles. The second-order valence-electron chi connectivity index (χ2n) is 6.36. The van der Waals surface area contributed by atoms with E-state index in [-0.39, 0.29) is 11.2 Å². The topological polar surface area (TPSA) is 20.2 Å². The Morgan fingerprint density at radius 3 is 2.52 bits per heavy atom. The maximum Gasteiger partial charge on any atom is 0.123 e. The summed E-state index contributed by atoms with van der Waals surface area (Å²) in [4.78, 5) is 0. The first-order chi connectivity index (χ1) is 10.2. The van der Waals surface area contributed by atoms with Crippen LogP contribution in [0.5, 0.6) is 0 Å². The Morgan fingerprint density at radius 1 is 0.952 bits per heavy atom. The van der Waals surface area contributed by atoms with Crippen molar-refractivity contribution >= 4 is 0 Å². The van der Waals surface area contributed by atoms with E-state index >= 15 is 0 Å². The molecule has 2 heteroatoms. The predicted molar refractivity (Wildman–Crippen MR) is 83.8 cm³/mol. The molecule has 0 unspecified atom stereocenters. The van der Waals surface area contributed by atoms with E-state index in [4.69, 9.17) is 0 Å².